The maximum absolute atomic E-state index is 14.0. The van der Waals surface area contributed by atoms with E-state index >= 15 is 0 Å². The lowest BCUT2D eigenvalue weighted by Crippen LogP contribution is -2.54. The van der Waals surface area contributed by atoms with Crippen LogP contribution >= 0.6 is 11.3 Å². The summed E-state index contributed by atoms with van der Waals surface area (Å²) >= 11 is 1.44. The van der Waals surface area contributed by atoms with Crippen LogP contribution in [0.15, 0.2) is 72.4 Å². The van der Waals surface area contributed by atoms with Gasteiger partial charge < -0.3 is 30.3 Å². The van der Waals surface area contributed by atoms with Gasteiger partial charge in [-0.25, -0.2) is 9.59 Å². The number of nitrogens with one attached hydrogen (secondary N) is 3. The molecule has 0 spiro atoms. The molecule has 2 aliphatic heterocycles. The number of alkyl carbamates (subject to hydrolysis) is 1. The van der Waals surface area contributed by atoms with Crippen molar-refractivity contribution in [2.24, 2.45) is 0 Å². The van der Waals surface area contributed by atoms with Gasteiger partial charge in [-0.2, -0.15) is 0 Å². The van der Waals surface area contributed by atoms with E-state index in [-0.39, 0.29) is 30.6 Å². The van der Waals surface area contributed by atoms with Crippen molar-refractivity contribution in [3.63, 3.8) is 0 Å². The molecule has 2 aromatic carbocycles. The molecule has 11 nitrogen and oxygen atoms in total. The summed E-state index contributed by atoms with van der Waals surface area (Å²) < 4.78 is 11.0. The third-order valence-electron chi connectivity index (χ3n) is 8.86. The number of morpholine rings is 1. The molecule has 1 aromatic heterocycles. The van der Waals surface area contributed by atoms with Gasteiger partial charge in [-0.15, -0.1) is 11.3 Å². The van der Waals surface area contributed by atoms with Gasteiger partial charge in [-0.1, -0.05) is 60.7 Å². The zero-order valence-corrected chi connectivity index (χ0v) is 28.4. The van der Waals surface area contributed by atoms with Crippen LogP contribution in [0.3, 0.4) is 0 Å². The molecule has 12 heteroatoms. The first kappa shape index (κ1) is 35.3. The Hall–Kier alpha value is -4.00. The van der Waals surface area contributed by atoms with Crippen molar-refractivity contribution < 1.29 is 23.9 Å². The number of thiazole rings is 1. The van der Waals surface area contributed by atoms with E-state index in [9.17, 15) is 14.4 Å². The monoisotopic (exact) mass is 676 g/mol. The predicted molar refractivity (Wildman–Crippen MR) is 186 cm³/mol. The Kier molecular flexibility index (Phi) is 14.1. The number of aromatic nitrogens is 1. The zero-order chi connectivity index (χ0) is 33.4. The van der Waals surface area contributed by atoms with E-state index in [0.717, 1.165) is 41.9 Å². The Labute approximate surface area is 287 Å². The minimum Gasteiger partial charge on any atom is -0.444 e. The van der Waals surface area contributed by atoms with Crippen LogP contribution in [0.25, 0.3) is 0 Å². The number of urea groups is 1. The summed E-state index contributed by atoms with van der Waals surface area (Å²) in [5.41, 5.74) is 3.91. The summed E-state index contributed by atoms with van der Waals surface area (Å²) in [6, 6.07) is 18.8. The van der Waals surface area contributed by atoms with E-state index in [1.54, 1.807) is 16.6 Å². The van der Waals surface area contributed by atoms with Crippen LogP contribution in [0, 0.1) is 0 Å². The van der Waals surface area contributed by atoms with Crippen LogP contribution < -0.4 is 16.0 Å². The van der Waals surface area contributed by atoms with Crippen LogP contribution in [0.2, 0.25) is 0 Å². The molecule has 3 aromatic rings. The molecule has 3 atom stereocenters. The van der Waals surface area contributed by atoms with Crippen molar-refractivity contribution in [3.05, 3.63) is 88.4 Å². The summed E-state index contributed by atoms with van der Waals surface area (Å²) in [6.07, 6.45) is 6.14. The summed E-state index contributed by atoms with van der Waals surface area (Å²) in [6.45, 7) is 5.25. The summed E-state index contributed by atoms with van der Waals surface area (Å²) in [5.74, 6) is -0.187. The fourth-order valence-corrected chi connectivity index (χ4v) is 6.68. The number of hydrogen-bond acceptors (Lipinski definition) is 8. The van der Waals surface area contributed by atoms with Gasteiger partial charge in [-0.3, -0.25) is 14.7 Å². The van der Waals surface area contributed by atoms with Crippen LogP contribution in [0.5, 0.6) is 0 Å². The van der Waals surface area contributed by atoms with Gasteiger partial charge in [0, 0.05) is 51.0 Å². The second kappa shape index (κ2) is 19.1. The van der Waals surface area contributed by atoms with Gasteiger partial charge in [0.25, 0.3) is 0 Å². The Morgan fingerprint density at radius 2 is 1.44 bits per heavy atom. The fraction of sp³-hybridized carbons (Fsp3) is 0.500. The first-order valence-corrected chi connectivity index (χ1v) is 17.9. The van der Waals surface area contributed by atoms with Crippen LogP contribution in [-0.2, 0) is 33.7 Å². The number of likely N-dealkylation sites (tertiary alicyclic amines) is 1. The Bertz CT molecular complexity index is 1380. The van der Waals surface area contributed by atoms with Crippen molar-refractivity contribution >= 4 is 29.4 Å². The van der Waals surface area contributed by atoms with Gasteiger partial charge in [-0.05, 0) is 56.1 Å². The number of carbonyl (C=O) groups is 3. The molecule has 258 valence electrons. The van der Waals surface area contributed by atoms with Crippen LogP contribution in [0.4, 0.5) is 9.59 Å². The van der Waals surface area contributed by atoms with Crippen LogP contribution in [-0.4, -0.2) is 96.9 Å². The van der Waals surface area contributed by atoms with Crippen molar-refractivity contribution in [3.8, 4) is 0 Å². The Balaban J connectivity index is 1.26. The molecule has 3 N–H and O–H groups in total. The summed E-state index contributed by atoms with van der Waals surface area (Å²) in [7, 11) is 0. The summed E-state index contributed by atoms with van der Waals surface area (Å²) in [4.78, 5) is 49.0. The fourth-order valence-electron chi connectivity index (χ4n) is 6.18. The molecular formula is C36H48N6O5S. The zero-order valence-electron chi connectivity index (χ0n) is 27.6. The predicted octanol–water partition coefficient (Wildman–Crippen LogP) is 4.38. The average Bonchev–Trinajstić information content (AvgIpc) is 3.85. The number of ether oxygens (including phenoxy) is 2. The number of carbonyl (C=O) groups excluding carboxylic acids is 3. The van der Waals surface area contributed by atoms with Crippen molar-refractivity contribution in [2.45, 2.75) is 69.7 Å². The quantitative estimate of drug-likeness (QED) is 0.206. The molecule has 5 rings (SSSR count). The standard InChI is InChI=1S/C36H48N6O5S/c43-34(33(15-18-41-19-21-46-22-20-41)40-35(44)42-16-7-8-17-42)38-30(23-28-9-3-1-4-10-28)13-14-31(24-29-11-5-2-6-12-29)39-36(45)47-26-32-25-37-27-48-32/h1-6,9-12,25,27,30-31,33H,7-8,13-24,26H2,(H,38,43)(H,39,45)(H,40,44)/t30-,31-,33+/m1/s1. The Morgan fingerprint density at radius 3 is 2.04 bits per heavy atom. The molecule has 4 amide bonds. The highest BCUT2D eigenvalue weighted by atomic mass is 32.1. The number of nitrogens with zero attached hydrogens (tertiary/aromatic N) is 3. The van der Waals surface area contributed by atoms with E-state index in [1.165, 1.54) is 11.3 Å². The largest absolute Gasteiger partial charge is 0.444 e. The molecule has 0 saturated carbocycles. The number of hydrogen-bond donors (Lipinski definition) is 3. The van der Waals surface area contributed by atoms with Crippen LogP contribution in [0.1, 0.15) is 48.1 Å². The molecule has 0 aliphatic carbocycles. The SMILES string of the molecule is O=C(N[C@H](CC[C@H](Cc1ccccc1)NC(=O)[C@H](CCN1CCOCC1)NC(=O)N1CCCC1)Cc1ccccc1)OCc1cncs1. The lowest BCUT2D eigenvalue weighted by atomic mass is 9.95. The maximum atomic E-state index is 14.0. The molecule has 2 aliphatic rings. The molecule has 0 bridgehead atoms. The van der Waals surface area contributed by atoms with E-state index in [1.807, 2.05) is 48.5 Å². The van der Waals surface area contributed by atoms with E-state index in [0.29, 0.717) is 65.0 Å². The normalized spacial score (nSPS) is 16.9. The Morgan fingerprint density at radius 1 is 0.812 bits per heavy atom. The van der Waals surface area contributed by atoms with Gasteiger partial charge in [0.1, 0.15) is 12.6 Å². The lowest BCUT2D eigenvalue weighted by molar-refractivity contribution is -0.124. The average molecular weight is 677 g/mol. The molecule has 2 saturated heterocycles. The van der Waals surface area contributed by atoms with Crippen molar-refractivity contribution in [1.82, 2.24) is 30.7 Å². The molecule has 0 radical (unpaired) electrons. The third-order valence-corrected chi connectivity index (χ3v) is 9.61. The van der Waals surface area contributed by atoms with Gasteiger partial charge in [0.05, 0.1) is 23.6 Å². The van der Waals surface area contributed by atoms with Gasteiger partial charge >= 0.3 is 12.1 Å². The second-order valence-electron chi connectivity index (χ2n) is 12.5. The van der Waals surface area contributed by atoms with Crippen molar-refractivity contribution in [1.29, 1.82) is 0 Å². The first-order chi connectivity index (χ1) is 23.5. The summed E-state index contributed by atoms with van der Waals surface area (Å²) in [5, 5.41) is 9.43. The van der Waals surface area contributed by atoms with Crippen molar-refractivity contribution in [2.75, 3.05) is 45.9 Å². The minimum absolute atomic E-state index is 0.163. The molecular weight excluding hydrogens is 629 g/mol. The number of amides is 4. The number of benzene rings is 2. The van der Waals surface area contributed by atoms with Gasteiger partial charge in [0.15, 0.2) is 0 Å². The highest BCUT2D eigenvalue weighted by Crippen LogP contribution is 2.15. The molecule has 0 unspecified atom stereocenters. The first-order valence-electron chi connectivity index (χ1n) is 17.1. The highest BCUT2D eigenvalue weighted by Gasteiger charge is 2.28. The van der Waals surface area contributed by atoms with E-state index in [4.69, 9.17) is 9.47 Å². The number of rotatable bonds is 16. The molecule has 2 fully saturated rings. The van der Waals surface area contributed by atoms with E-state index < -0.39 is 12.1 Å². The maximum Gasteiger partial charge on any atom is 0.407 e. The molecule has 3 heterocycles. The smallest absolute Gasteiger partial charge is 0.407 e. The minimum atomic E-state index is -0.667. The van der Waals surface area contributed by atoms with E-state index in [2.05, 4.69) is 38.0 Å². The second-order valence-corrected chi connectivity index (χ2v) is 13.5. The topological polar surface area (TPSA) is 125 Å². The van der Waals surface area contributed by atoms with Gasteiger partial charge in [0.2, 0.25) is 5.91 Å². The third kappa shape index (κ3) is 11.9. The lowest BCUT2D eigenvalue weighted by Gasteiger charge is -2.30. The highest BCUT2D eigenvalue weighted by molar-refractivity contribution is 7.09. The molecule has 48 heavy (non-hydrogen) atoms.